The molecule has 88 valence electrons. The monoisotopic (exact) mass is 221 g/mol. The maximum atomic E-state index is 11.6. The first-order valence-corrected chi connectivity index (χ1v) is 5.41. The highest BCUT2D eigenvalue weighted by Gasteiger charge is 2.20. The molecule has 0 aliphatic heterocycles. The van der Waals surface area contributed by atoms with Gasteiger partial charge in [0.05, 0.1) is 24.6 Å². The number of carbonyl (C=O) groups is 1. The Hall–Kier alpha value is -1.52. The van der Waals surface area contributed by atoms with Gasteiger partial charge in [0.1, 0.15) is 0 Å². The van der Waals surface area contributed by atoms with Crippen LogP contribution in [-0.4, -0.2) is 36.5 Å². The average Bonchev–Trinajstić information content (AvgIpc) is 2.31. The molecule has 0 bridgehead atoms. The molecule has 1 N–H and O–H groups in total. The molecular formula is C12H19N3O. The number of terminal acetylenes is 1. The van der Waals surface area contributed by atoms with Crippen LogP contribution in [0.3, 0.4) is 0 Å². The predicted molar refractivity (Wildman–Crippen MR) is 63.3 cm³/mol. The molecule has 0 fully saturated rings. The van der Waals surface area contributed by atoms with Crippen LogP contribution >= 0.6 is 0 Å². The van der Waals surface area contributed by atoms with Gasteiger partial charge in [-0.25, -0.2) is 0 Å². The quantitative estimate of drug-likeness (QED) is 0.668. The number of hydrogen-bond donors (Lipinski definition) is 1. The van der Waals surface area contributed by atoms with Gasteiger partial charge in [-0.2, -0.15) is 5.26 Å². The first-order valence-electron chi connectivity index (χ1n) is 5.41. The Kier molecular flexibility index (Phi) is 7.00. The topological polar surface area (TPSA) is 56.1 Å². The molecule has 0 heterocycles. The minimum absolute atomic E-state index is 0.0807. The van der Waals surface area contributed by atoms with Crippen LogP contribution in [0.1, 0.15) is 20.8 Å². The second kappa shape index (κ2) is 7.73. The van der Waals surface area contributed by atoms with Gasteiger partial charge in [-0.05, 0) is 20.4 Å². The number of likely N-dealkylation sites (N-methyl/N-ethyl adjacent to an activating group) is 1. The molecule has 0 aromatic heterocycles. The van der Waals surface area contributed by atoms with Gasteiger partial charge in [-0.15, -0.1) is 6.42 Å². The van der Waals surface area contributed by atoms with Crippen LogP contribution in [-0.2, 0) is 4.79 Å². The Labute approximate surface area is 97.6 Å². The second-order valence-corrected chi connectivity index (χ2v) is 3.72. The summed E-state index contributed by atoms with van der Waals surface area (Å²) in [6.45, 7) is 7.20. The van der Waals surface area contributed by atoms with Crippen molar-refractivity contribution in [2.75, 3.05) is 19.6 Å². The zero-order valence-corrected chi connectivity index (χ0v) is 10.2. The molecule has 0 saturated heterocycles. The predicted octanol–water partition coefficient (Wildman–Crippen LogP) is 0.606. The zero-order chi connectivity index (χ0) is 12.6. The Morgan fingerprint density at radius 1 is 1.56 bits per heavy atom. The van der Waals surface area contributed by atoms with Gasteiger partial charge in [0, 0.05) is 6.54 Å². The van der Waals surface area contributed by atoms with Gasteiger partial charge < -0.3 is 5.32 Å². The lowest BCUT2D eigenvalue weighted by Gasteiger charge is -2.27. The molecule has 0 rings (SSSR count). The average molecular weight is 221 g/mol. The molecule has 4 heteroatoms. The summed E-state index contributed by atoms with van der Waals surface area (Å²) in [4.78, 5) is 13.6. The molecule has 2 atom stereocenters. The van der Waals surface area contributed by atoms with Gasteiger partial charge in [-0.1, -0.05) is 12.8 Å². The highest BCUT2D eigenvalue weighted by atomic mass is 16.2. The molecule has 4 nitrogen and oxygen atoms in total. The van der Waals surface area contributed by atoms with Crippen molar-refractivity contribution < 1.29 is 4.79 Å². The summed E-state index contributed by atoms with van der Waals surface area (Å²) in [6.07, 6.45) is 5.07. The largest absolute Gasteiger partial charge is 0.344 e. The first-order chi connectivity index (χ1) is 7.56. The summed E-state index contributed by atoms with van der Waals surface area (Å²) in [7, 11) is 0. The van der Waals surface area contributed by atoms with E-state index in [2.05, 4.69) is 17.3 Å². The fraction of sp³-hybridized carbons (Fsp3) is 0.667. The van der Waals surface area contributed by atoms with E-state index in [0.29, 0.717) is 6.54 Å². The third-order valence-electron chi connectivity index (χ3n) is 2.43. The van der Waals surface area contributed by atoms with Crippen LogP contribution in [0.25, 0.3) is 0 Å². The molecular weight excluding hydrogens is 202 g/mol. The molecule has 0 spiro atoms. The minimum atomic E-state index is -0.255. The fourth-order valence-electron chi connectivity index (χ4n) is 1.41. The van der Waals surface area contributed by atoms with Crippen LogP contribution in [0.2, 0.25) is 0 Å². The van der Waals surface area contributed by atoms with Crippen molar-refractivity contribution in [1.29, 1.82) is 5.26 Å². The highest BCUT2D eigenvalue weighted by Crippen LogP contribution is 2.04. The lowest BCUT2D eigenvalue weighted by atomic mass is 10.1. The lowest BCUT2D eigenvalue weighted by Crippen LogP contribution is -2.46. The molecule has 16 heavy (non-hydrogen) atoms. The van der Waals surface area contributed by atoms with E-state index in [1.54, 1.807) is 0 Å². The van der Waals surface area contributed by atoms with Gasteiger partial charge in [0.2, 0.25) is 5.91 Å². The summed E-state index contributed by atoms with van der Waals surface area (Å²) in [5, 5.41) is 11.4. The van der Waals surface area contributed by atoms with Crippen molar-refractivity contribution in [2.45, 2.75) is 26.8 Å². The number of nitriles is 1. The second-order valence-electron chi connectivity index (χ2n) is 3.72. The van der Waals surface area contributed by atoms with Gasteiger partial charge in [0.15, 0.2) is 0 Å². The van der Waals surface area contributed by atoms with Crippen molar-refractivity contribution in [1.82, 2.24) is 10.2 Å². The molecule has 0 aliphatic rings. The molecule has 0 aliphatic carbocycles. The first kappa shape index (κ1) is 14.5. The molecule has 1 amide bonds. The minimum Gasteiger partial charge on any atom is -0.344 e. The Morgan fingerprint density at radius 2 is 2.19 bits per heavy atom. The van der Waals surface area contributed by atoms with Gasteiger partial charge in [-0.3, -0.25) is 9.69 Å². The van der Waals surface area contributed by atoms with Crippen molar-refractivity contribution in [3.63, 3.8) is 0 Å². The highest BCUT2D eigenvalue weighted by molar-refractivity contribution is 5.81. The van der Waals surface area contributed by atoms with E-state index < -0.39 is 0 Å². The van der Waals surface area contributed by atoms with Crippen molar-refractivity contribution in [2.24, 2.45) is 5.92 Å². The Bertz CT molecular complexity index is 300. The van der Waals surface area contributed by atoms with E-state index in [-0.39, 0.29) is 24.4 Å². The van der Waals surface area contributed by atoms with Crippen LogP contribution in [0, 0.1) is 29.6 Å². The van der Waals surface area contributed by atoms with E-state index in [1.807, 2.05) is 25.7 Å². The van der Waals surface area contributed by atoms with Crippen LogP contribution < -0.4 is 5.32 Å². The van der Waals surface area contributed by atoms with Crippen molar-refractivity contribution in [3.8, 4) is 18.4 Å². The molecule has 0 radical (unpaired) electrons. The van der Waals surface area contributed by atoms with E-state index in [9.17, 15) is 4.79 Å². The smallest absolute Gasteiger partial charge is 0.237 e. The summed E-state index contributed by atoms with van der Waals surface area (Å²) in [6, 6.07) is 1.91. The zero-order valence-electron chi connectivity index (χ0n) is 10.2. The molecule has 2 unspecified atom stereocenters. The normalized spacial score (nSPS) is 13.6. The SMILES string of the molecule is C#CCNC(=O)C(C)N(CC)CC(C)C#N. The van der Waals surface area contributed by atoms with Gasteiger partial charge >= 0.3 is 0 Å². The molecule has 0 aromatic rings. The number of nitrogens with zero attached hydrogens (tertiary/aromatic N) is 2. The van der Waals surface area contributed by atoms with Crippen LogP contribution in [0.15, 0.2) is 0 Å². The third kappa shape index (κ3) is 4.82. The summed E-state index contributed by atoms with van der Waals surface area (Å²) >= 11 is 0. The maximum Gasteiger partial charge on any atom is 0.237 e. The molecule has 0 saturated carbocycles. The van der Waals surface area contributed by atoms with E-state index in [4.69, 9.17) is 11.7 Å². The number of rotatable bonds is 6. The maximum absolute atomic E-state index is 11.6. The van der Waals surface area contributed by atoms with Crippen LogP contribution in [0.4, 0.5) is 0 Å². The fourth-order valence-corrected chi connectivity index (χ4v) is 1.41. The van der Waals surface area contributed by atoms with Crippen molar-refractivity contribution >= 4 is 5.91 Å². The van der Waals surface area contributed by atoms with Crippen LogP contribution in [0.5, 0.6) is 0 Å². The Balaban J connectivity index is 4.31. The number of nitrogens with one attached hydrogen (secondary N) is 1. The number of carbonyl (C=O) groups excluding carboxylic acids is 1. The molecule has 0 aromatic carbocycles. The lowest BCUT2D eigenvalue weighted by molar-refractivity contribution is -0.125. The Morgan fingerprint density at radius 3 is 2.62 bits per heavy atom. The summed E-state index contributed by atoms with van der Waals surface area (Å²) < 4.78 is 0. The summed E-state index contributed by atoms with van der Waals surface area (Å²) in [5.74, 6) is 2.19. The third-order valence-corrected chi connectivity index (χ3v) is 2.43. The summed E-state index contributed by atoms with van der Waals surface area (Å²) in [5.41, 5.74) is 0. The van der Waals surface area contributed by atoms with E-state index in [1.165, 1.54) is 0 Å². The van der Waals surface area contributed by atoms with E-state index in [0.717, 1.165) is 6.54 Å². The standard InChI is InChI=1S/C12H19N3O/c1-5-7-14-12(16)11(4)15(6-2)9-10(3)8-13/h1,10-11H,6-7,9H2,2-4H3,(H,14,16). The van der Waals surface area contributed by atoms with Gasteiger partial charge in [0.25, 0.3) is 0 Å². The number of amides is 1. The van der Waals surface area contributed by atoms with Crippen molar-refractivity contribution in [3.05, 3.63) is 0 Å². The number of hydrogen-bond acceptors (Lipinski definition) is 3. The van der Waals surface area contributed by atoms with E-state index >= 15 is 0 Å².